The molecule has 0 atom stereocenters. The monoisotopic (exact) mass is 246 g/mol. The maximum Gasteiger partial charge on any atom is 0.221 e. The van der Waals surface area contributed by atoms with Crippen molar-refractivity contribution in [3.8, 4) is 0 Å². The summed E-state index contributed by atoms with van der Waals surface area (Å²) in [6, 6.07) is 0. The Labute approximate surface area is 84.4 Å². The molecule has 1 aromatic rings. The molecule has 3 N–H and O–H groups in total. The number of amides is 1. The average molecular weight is 247 g/mol. The van der Waals surface area contributed by atoms with E-state index >= 15 is 0 Å². The molecule has 0 aliphatic carbocycles. The Balaban J connectivity index is 2.50. The number of hydrogen-bond acceptors (Lipinski definition) is 3. The van der Waals surface area contributed by atoms with Gasteiger partial charge in [0.05, 0.1) is 4.47 Å². The highest BCUT2D eigenvalue weighted by molar-refractivity contribution is 9.10. The Hall–Kier alpha value is -1.04. The molecule has 0 bridgehead atoms. The van der Waals surface area contributed by atoms with Gasteiger partial charge in [0.15, 0.2) is 5.82 Å². The Bertz CT molecular complexity index is 290. The number of aryl methyl sites for hydroxylation is 1. The first kappa shape index (κ1) is 10.0. The molecular weight excluding hydrogens is 236 g/mol. The Morgan fingerprint density at radius 1 is 1.85 bits per heavy atom. The number of carbonyl (C=O) groups is 1. The van der Waals surface area contributed by atoms with Crippen LogP contribution >= 0.6 is 15.9 Å². The number of nitrogens with one attached hydrogen (secondary N) is 1. The summed E-state index contributed by atoms with van der Waals surface area (Å²) in [6.07, 6.45) is 2.16. The molecule has 72 valence electrons. The van der Waals surface area contributed by atoms with Crippen LogP contribution < -0.4 is 11.1 Å². The van der Waals surface area contributed by atoms with E-state index in [9.17, 15) is 4.79 Å². The number of nitrogen functional groups attached to an aromatic ring is 1. The quantitative estimate of drug-likeness (QED) is 0.810. The number of anilines is 1. The molecule has 0 saturated heterocycles. The second kappa shape index (κ2) is 4.27. The molecule has 0 aliphatic heterocycles. The third-order valence-corrected chi connectivity index (χ3v) is 2.20. The summed E-state index contributed by atoms with van der Waals surface area (Å²) in [5, 5.41) is 6.52. The predicted octanol–water partition coefficient (Wildman–Crippen LogP) is 0.364. The van der Waals surface area contributed by atoms with E-state index in [1.807, 2.05) is 0 Å². The van der Waals surface area contributed by atoms with Crippen LogP contribution in [0.4, 0.5) is 5.82 Å². The van der Waals surface area contributed by atoms with Crippen molar-refractivity contribution in [2.24, 2.45) is 0 Å². The van der Waals surface area contributed by atoms with Gasteiger partial charge in [-0.2, -0.15) is 5.10 Å². The van der Waals surface area contributed by atoms with Crippen molar-refractivity contribution in [3.05, 3.63) is 10.7 Å². The molecular formula is C7H11BrN4O. The lowest BCUT2D eigenvalue weighted by Crippen LogP contribution is -2.19. The van der Waals surface area contributed by atoms with Crippen molar-refractivity contribution in [3.63, 3.8) is 0 Å². The second-order valence-electron chi connectivity index (χ2n) is 2.55. The summed E-state index contributed by atoms with van der Waals surface area (Å²) in [5.41, 5.74) is 5.50. The molecule has 0 fully saturated rings. The van der Waals surface area contributed by atoms with Gasteiger partial charge in [0.1, 0.15) is 0 Å². The maximum atomic E-state index is 10.9. The van der Waals surface area contributed by atoms with E-state index < -0.39 is 0 Å². The van der Waals surface area contributed by atoms with E-state index in [1.165, 1.54) is 0 Å². The molecule has 13 heavy (non-hydrogen) atoms. The van der Waals surface area contributed by atoms with E-state index in [4.69, 9.17) is 5.73 Å². The van der Waals surface area contributed by atoms with Gasteiger partial charge in [0.25, 0.3) is 0 Å². The number of nitrogens with two attached hydrogens (primary N) is 1. The molecule has 1 amide bonds. The summed E-state index contributed by atoms with van der Waals surface area (Å²) in [6.45, 7) is 0.537. The van der Waals surface area contributed by atoms with E-state index in [2.05, 4.69) is 26.3 Å². The van der Waals surface area contributed by atoms with Gasteiger partial charge >= 0.3 is 0 Å². The topological polar surface area (TPSA) is 72.9 Å². The highest BCUT2D eigenvalue weighted by atomic mass is 79.9. The van der Waals surface area contributed by atoms with Crippen LogP contribution in [0.1, 0.15) is 6.42 Å². The van der Waals surface area contributed by atoms with Crippen molar-refractivity contribution < 1.29 is 4.79 Å². The molecule has 0 aliphatic rings. The van der Waals surface area contributed by atoms with Crippen LogP contribution in [0.15, 0.2) is 10.7 Å². The van der Waals surface area contributed by atoms with E-state index in [0.29, 0.717) is 18.8 Å². The number of nitrogens with zero attached hydrogens (tertiary/aromatic N) is 2. The fraction of sp³-hybridized carbons (Fsp3) is 0.429. The van der Waals surface area contributed by atoms with E-state index in [-0.39, 0.29) is 5.91 Å². The molecule has 0 radical (unpaired) electrons. The average Bonchev–Trinajstić information content (AvgIpc) is 2.42. The number of carbonyl (C=O) groups excluding carboxylic acids is 1. The SMILES string of the molecule is CNC(=O)CCn1cc(Br)c(N)n1. The van der Waals surface area contributed by atoms with Gasteiger partial charge < -0.3 is 11.1 Å². The van der Waals surface area contributed by atoms with Crippen LogP contribution in [0, 0.1) is 0 Å². The lowest BCUT2D eigenvalue weighted by molar-refractivity contribution is -0.120. The van der Waals surface area contributed by atoms with E-state index in [1.54, 1.807) is 17.9 Å². The van der Waals surface area contributed by atoms with Crippen LogP contribution in [0.25, 0.3) is 0 Å². The molecule has 0 aromatic carbocycles. The van der Waals surface area contributed by atoms with Crippen LogP contribution in [-0.4, -0.2) is 22.7 Å². The van der Waals surface area contributed by atoms with Gasteiger partial charge in [0.2, 0.25) is 5.91 Å². The fourth-order valence-electron chi connectivity index (χ4n) is 0.868. The smallest absolute Gasteiger partial charge is 0.221 e. The number of halogens is 1. The van der Waals surface area contributed by atoms with Crippen LogP contribution in [-0.2, 0) is 11.3 Å². The third kappa shape index (κ3) is 2.73. The van der Waals surface area contributed by atoms with Gasteiger partial charge in [-0.3, -0.25) is 9.48 Å². The van der Waals surface area contributed by atoms with Crippen molar-refractivity contribution in [1.29, 1.82) is 0 Å². The Morgan fingerprint density at radius 3 is 3.00 bits per heavy atom. The summed E-state index contributed by atoms with van der Waals surface area (Å²) in [7, 11) is 1.61. The first-order valence-electron chi connectivity index (χ1n) is 3.82. The van der Waals surface area contributed by atoms with Crippen LogP contribution in [0.5, 0.6) is 0 Å². The van der Waals surface area contributed by atoms with Gasteiger partial charge in [-0.1, -0.05) is 0 Å². The normalized spacial score (nSPS) is 10.0. The summed E-state index contributed by atoms with van der Waals surface area (Å²) in [5.74, 6) is 0.433. The van der Waals surface area contributed by atoms with Gasteiger partial charge in [-0.25, -0.2) is 0 Å². The highest BCUT2D eigenvalue weighted by Gasteiger charge is 2.03. The first-order chi connectivity index (χ1) is 6.13. The number of rotatable bonds is 3. The second-order valence-corrected chi connectivity index (χ2v) is 3.40. The maximum absolute atomic E-state index is 10.9. The minimum absolute atomic E-state index is 0.00908. The highest BCUT2D eigenvalue weighted by Crippen LogP contribution is 2.16. The van der Waals surface area contributed by atoms with Crippen molar-refractivity contribution >= 4 is 27.7 Å². The minimum atomic E-state index is -0.00908. The molecule has 1 heterocycles. The van der Waals surface area contributed by atoms with Gasteiger partial charge in [-0.15, -0.1) is 0 Å². The van der Waals surface area contributed by atoms with Crippen LogP contribution in [0.2, 0.25) is 0 Å². The molecule has 0 spiro atoms. The Morgan fingerprint density at radius 2 is 2.54 bits per heavy atom. The zero-order valence-electron chi connectivity index (χ0n) is 7.25. The molecule has 1 aromatic heterocycles. The molecule has 1 rings (SSSR count). The fourth-order valence-corrected chi connectivity index (χ4v) is 1.18. The largest absolute Gasteiger partial charge is 0.381 e. The molecule has 0 saturated carbocycles. The summed E-state index contributed by atoms with van der Waals surface area (Å²) in [4.78, 5) is 10.9. The summed E-state index contributed by atoms with van der Waals surface area (Å²) >= 11 is 3.23. The zero-order chi connectivity index (χ0) is 9.84. The zero-order valence-corrected chi connectivity index (χ0v) is 8.84. The van der Waals surface area contributed by atoms with Crippen molar-refractivity contribution in [2.45, 2.75) is 13.0 Å². The third-order valence-electron chi connectivity index (χ3n) is 1.59. The number of aromatic nitrogens is 2. The van der Waals surface area contributed by atoms with E-state index in [0.717, 1.165) is 4.47 Å². The minimum Gasteiger partial charge on any atom is -0.381 e. The number of hydrogen-bond donors (Lipinski definition) is 2. The molecule has 0 unspecified atom stereocenters. The van der Waals surface area contributed by atoms with Gasteiger partial charge in [0, 0.05) is 26.2 Å². The lowest BCUT2D eigenvalue weighted by Gasteiger charge is -1.99. The molecule has 6 heteroatoms. The van der Waals surface area contributed by atoms with Crippen molar-refractivity contribution in [2.75, 3.05) is 12.8 Å². The van der Waals surface area contributed by atoms with Crippen molar-refractivity contribution in [1.82, 2.24) is 15.1 Å². The predicted molar refractivity (Wildman–Crippen MR) is 53.0 cm³/mol. The standard InChI is InChI=1S/C7H11BrN4O/c1-10-6(13)2-3-12-4-5(8)7(9)11-12/h4H,2-3H2,1H3,(H2,9,11)(H,10,13). The first-order valence-corrected chi connectivity index (χ1v) is 4.62. The van der Waals surface area contributed by atoms with Gasteiger partial charge in [-0.05, 0) is 15.9 Å². The summed E-state index contributed by atoms with van der Waals surface area (Å²) < 4.78 is 2.39. The Kier molecular flexibility index (Phi) is 3.30. The van der Waals surface area contributed by atoms with Crippen LogP contribution in [0.3, 0.4) is 0 Å². The molecule has 5 nitrogen and oxygen atoms in total. The lowest BCUT2D eigenvalue weighted by atomic mass is 10.4.